The molecule has 20 heavy (non-hydrogen) atoms. The third kappa shape index (κ3) is 5.24. The molecule has 0 saturated heterocycles. The van der Waals surface area contributed by atoms with Crippen molar-refractivity contribution in [3.05, 3.63) is 41.5 Å². The Morgan fingerprint density at radius 1 is 1.30 bits per heavy atom. The minimum absolute atomic E-state index is 0.132. The minimum atomic E-state index is -0.996. The van der Waals surface area contributed by atoms with Crippen molar-refractivity contribution in [2.24, 2.45) is 0 Å². The number of nitrogens with one attached hydrogen (secondary N) is 1. The summed E-state index contributed by atoms with van der Waals surface area (Å²) in [6.45, 7) is 2.60. The fourth-order valence-corrected chi connectivity index (χ4v) is 1.44. The lowest BCUT2D eigenvalue weighted by atomic mass is 10.1. The molecular weight excluding hydrogens is 256 g/mol. The fourth-order valence-electron chi connectivity index (χ4n) is 1.44. The second-order valence-electron chi connectivity index (χ2n) is 4.82. The first-order valence-electron chi connectivity index (χ1n) is 6.36. The van der Waals surface area contributed by atoms with Crippen molar-refractivity contribution in [2.75, 3.05) is 20.6 Å². The molecule has 1 amide bonds. The van der Waals surface area contributed by atoms with Crippen LogP contribution in [-0.2, 0) is 4.79 Å². The molecule has 0 fully saturated rings. The molecule has 0 aromatic heterocycles. The molecule has 0 bridgehead atoms. The molecule has 1 aromatic rings. The average Bonchev–Trinajstić information content (AvgIpc) is 2.42. The molecule has 1 unspecified atom stereocenters. The predicted molar refractivity (Wildman–Crippen MR) is 78.6 cm³/mol. The second-order valence-corrected chi connectivity index (χ2v) is 4.82. The van der Waals surface area contributed by atoms with E-state index in [-0.39, 0.29) is 11.9 Å². The van der Waals surface area contributed by atoms with Gasteiger partial charge >= 0.3 is 5.97 Å². The van der Waals surface area contributed by atoms with Gasteiger partial charge < -0.3 is 15.3 Å². The quantitative estimate of drug-likeness (QED) is 0.772. The molecule has 5 heteroatoms. The molecule has 0 heterocycles. The van der Waals surface area contributed by atoms with E-state index in [9.17, 15) is 9.59 Å². The fraction of sp³-hybridized carbons (Fsp3) is 0.333. The molecule has 0 radical (unpaired) electrons. The first kappa shape index (κ1) is 15.9. The topological polar surface area (TPSA) is 69.6 Å². The van der Waals surface area contributed by atoms with Gasteiger partial charge in [0.1, 0.15) is 0 Å². The maximum atomic E-state index is 11.9. The Hall–Kier alpha value is -2.14. The van der Waals surface area contributed by atoms with Crippen LogP contribution >= 0.6 is 0 Å². The number of carboxylic acid groups (broad SMARTS) is 1. The van der Waals surface area contributed by atoms with Gasteiger partial charge in [0, 0.05) is 24.2 Å². The Morgan fingerprint density at radius 3 is 2.40 bits per heavy atom. The largest absolute Gasteiger partial charge is 0.478 e. The van der Waals surface area contributed by atoms with Crippen LogP contribution in [0.1, 0.15) is 22.8 Å². The summed E-state index contributed by atoms with van der Waals surface area (Å²) in [5.74, 6) is -1.13. The predicted octanol–water partition coefficient (Wildman–Crippen LogP) is 1.46. The lowest BCUT2D eigenvalue weighted by Gasteiger charge is -2.19. The highest BCUT2D eigenvalue weighted by Gasteiger charge is 2.08. The van der Waals surface area contributed by atoms with Crippen LogP contribution in [0.3, 0.4) is 0 Å². The summed E-state index contributed by atoms with van der Waals surface area (Å²) < 4.78 is 0. The number of nitrogens with zero attached hydrogens (tertiary/aromatic N) is 1. The Labute approximate surface area is 118 Å². The molecule has 2 N–H and O–H groups in total. The van der Waals surface area contributed by atoms with Crippen LogP contribution in [0.25, 0.3) is 6.08 Å². The van der Waals surface area contributed by atoms with E-state index in [0.717, 1.165) is 11.6 Å². The lowest BCUT2D eigenvalue weighted by Crippen LogP contribution is -2.38. The SMILES string of the molecule is CC(CNC(=O)c1ccc(C=CC(=O)O)cc1)N(C)C. The highest BCUT2D eigenvalue weighted by Crippen LogP contribution is 2.06. The number of carbonyl (C=O) groups excluding carboxylic acids is 1. The normalized spacial score (nSPS) is 12.6. The second kappa shape index (κ2) is 7.45. The zero-order valence-electron chi connectivity index (χ0n) is 12.0. The number of aliphatic carboxylic acids is 1. The Bertz CT molecular complexity index is 492. The number of rotatable bonds is 6. The van der Waals surface area contributed by atoms with E-state index in [2.05, 4.69) is 5.32 Å². The van der Waals surface area contributed by atoms with Gasteiger partial charge in [0.15, 0.2) is 0 Å². The van der Waals surface area contributed by atoms with Crippen molar-refractivity contribution < 1.29 is 14.7 Å². The van der Waals surface area contributed by atoms with Gasteiger partial charge in [-0.2, -0.15) is 0 Å². The van der Waals surface area contributed by atoms with Crippen LogP contribution in [0.5, 0.6) is 0 Å². The molecule has 1 rings (SSSR count). The third-order valence-corrected chi connectivity index (χ3v) is 3.03. The monoisotopic (exact) mass is 276 g/mol. The highest BCUT2D eigenvalue weighted by atomic mass is 16.4. The summed E-state index contributed by atoms with van der Waals surface area (Å²) in [6, 6.07) is 7.04. The summed E-state index contributed by atoms with van der Waals surface area (Å²) in [5.41, 5.74) is 1.30. The maximum Gasteiger partial charge on any atom is 0.328 e. The molecule has 0 aliphatic rings. The summed E-state index contributed by atoms with van der Waals surface area (Å²) in [7, 11) is 3.92. The van der Waals surface area contributed by atoms with E-state index in [0.29, 0.717) is 12.1 Å². The molecule has 1 atom stereocenters. The molecule has 1 aromatic carbocycles. The van der Waals surface area contributed by atoms with Crippen LogP contribution < -0.4 is 5.32 Å². The molecule has 0 aliphatic heterocycles. The van der Waals surface area contributed by atoms with Crippen LogP contribution in [0.4, 0.5) is 0 Å². The van der Waals surface area contributed by atoms with E-state index >= 15 is 0 Å². The lowest BCUT2D eigenvalue weighted by molar-refractivity contribution is -0.131. The maximum absolute atomic E-state index is 11.9. The van der Waals surface area contributed by atoms with Gasteiger partial charge in [-0.25, -0.2) is 4.79 Å². The van der Waals surface area contributed by atoms with Crippen LogP contribution in [0.2, 0.25) is 0 Å². The third-order valence-electron chi connectivity index (χ3n) is 3.03. The van der Waals surface area contributed by atoms with Gasteiger partial charge in [-0.1, -0.05) is 12.1 Å². The molecule has 5 nitrogen and oxygen atoms in total. The van der Waals surface area contributed by atoms with Crippen LogP contribution in [0, 0.1) is 0 Å². The van der Waals surface area contributed by atoms with Gasteiger partial charge in [-0.05, 0) is 44.8 Å². The standard InChI is InChI=1S/C15H20N2O3/c1-11(17(2)3)10-16-15(20)13-7-4-12(5-8-13)6-9-14(18)19/h4-9,11H,10H2,1-3H3,(H,16,20)(H,18,19). The number of benzene rings is 1. The molecule has 0 saturated carbocycles. The van der Waals surface area contributed by atoms with Gasteiger partial charge in [-0.15, -0.1) is 0 Å². The Morgan fingerprint density at radius 2 is 1.90 bits per heavy atom. The number of likely N-dealkylation sites (N-methyl/N-ethyl adjacent to an activating group) is 1. The number of amides is 1. The first-order valence-corrected chi connectivity index (χ1v) is 6.36. The van der Waals surface area contributed by atoms with Gasteiger partial charge in [0.25, 0.3) is 5.91 Å². The summed E-state index contributed by atoms with van der Waals surface area (Å²) in [4.78, 5) is 24.3. The summed E-state index contributed by atoms with van der Waals surface area (Å²) in [5, 5.41) is 11.4. The van der Waals surface area contributed by atoms with Crippen LogP contribution in [-0.4, -0.2) is 48.6 Å². The van der Waals surface area contributed by atoms with Crippen LogP contribution in [0.15, 0.2) is 30.3 Å². The summed E-state index contributed by atoms with van der Waals surface area (Å²) >= 11 is 0. The van der Waals surface area contributed by atoms with Crippen molar-refractivity contribution in [3.8, 4) is 0 Å². The van der Waals surface area contributed by atoms with Gasteiger partial charge in [-0.3, -0.25) is 4.79 Å². The number of hydrogen-bond donors (Lipinski definition) is 2. The first-order chi connectivity index (χ1) is 9.40. The van der Waals surface area contributed by atoms with E-state index in [1.807, 2.05) is 25.9 Å². The zero-order chi connectivity index (χ0) is 15.1. The van der Waals surface area contributed by atoms with Crippen molar-refractivity contribution in [1.82, 2.24) is 10.2 Å². The van der Waals surface area contributed by atoms with E-state index in [1.54, 1.807) is 24.3 Å². The Balaban J connectivity index is 2.59. The average molecular weight is 276 g/mol. The molecular formula is C15H20N2O3. The van der Waals surface area contributed by atoms with Gasteiger partial charge in [0.05, 0.1) is 0 Å². The van der Waals surface area contributed by atoms with E-state index < -0.39 is 5.97 Å². The number of carboxylic acids is 1. The highest BCUT2D eigenvalue weighted by molar-refractivity contribution is 5.94. The van der Waals surface area contributed by atoms with Crippen molar-refractivity contribution in [2.45, 2.75) is 13.0 Å². The summed E-state index contributed by atoms with van der Waals surface area (Å²) in [6.07, 6.45) is 2.55. The molecule has 108 valence electrons. The molecule has 0 spiro atoms. The van der Waals surface area contributed by atoms with Crippen molar-refractivity contribution in [1.29, 1.82) is 0 Å². The Kier molecular flexibility index (Phi) is 5.93. The smallest absolute Gasteiger partial charge is 0.328 e. The number of carbonyl (C=O) groups is 2. The van der Waals surface area contributed by atoms with Crippen molar-refractivity contribution >= 4 is 18.0 Å². The van der Waals surface area contributed by atoms with Crippen molar-refractivity contribution in [3.63, 3.8) is 0 Å². The van der Waals surface area contributed by atoms with E-state index in [1.165, 1.54) is 6.08 Å². The minimum Gasteiger partial charge on any atom is -0.478 e. The zero-order valence-corrected chi connectivity index (χ0v) is 12.0. The molecule has 0 aliphatic carbocycles. The number of hydrogen-bond acceptors (Lipinski definition) is 3. The van der Waals surface area contributed by atoms with Gasteiger partial charge in [0.2, 0.25) is 0 Å². The van der Waals surface area contributed by atoms with E-state index in [4.69, 9.17) is 5.11 Å².